The third-order valence-corrected chi connectivity index (χ3v) is 7.68. The molecule has 5 heterocycles. The lowest BCUT2D eigenvalue weighted by Crippen LogP contribution is -2.36. The number of nitrogens with two attached hydrogens (primary N) is 1. The number of oxazole rings is 1. The molecule has 2 atom stereocenters. The van der Waals surface area contributed by atoms with Gasteiger partial charge in [0.15, 0.2) is 0 Å². The maximum Gasteiger partial charge on any atom is 0.277 e. The van der Waals surface area contributed by atoms with E-state index in [1.54, 1.807) is 23.7 Å². The summed E-state index contributed by atoms with van der Waals surface area (Å²) in [6.45, 7) is 2.24. The summed E-state index contributed by atoms with van der Waals surface area (Å²) in [7, 11) is 0. The molecule has 0 saturated heterocycles. The monoisotopic (exact) mass is 527 g/mol. The number of hydrogen-bond acceptors (Lipinski definition) is 9. The van der Waals surface area contributed by atoms with Crippen LogP contribution >= 0.6 is 11.3 Å². The van der Waals surface area contributed by atoms with Crippen molar-refractivity contribution in [3.8, 4) is 11.5 Å². The van der Waals surface area contributed by atoms with Gasteiger partial charge in [-0.25, -0.2) is 15.0 Å². The van der Waals surface area contributed by atoms with Crippen molar-refractivity contribution in [3.63, 3.8) is 0 Å². The minimum Gasteiger partial charge on any atom is -0.439 e. The number of thiophene rings is 1. The molecule has 1 aromatic carbocycles. The first-order chi connectivity index (χ1) is 18.5. The molecule has 0 radical (unpaired) electrons. The summed E-state index contributed by atoms with van der Waals surface area (Å²) in [5.74, 6) is 1.94. The van der Waals surface area contributed by atoms with Crippen LogP contribution < -0.4 is 21.9 Å². The minimum absolute atomic E-state index is 0.212. The Hall–Kier alpha value is -4.51. The Kier molecular flexibility index (Phi) is 6.12. The van der Waals surface area contributed by atoms with Crippen molar-refractivity contribution in [2.75, 3.05) is 11.1 Å². The molecule has 6 rings (SSSR count). The van der Waals surface area contributed by atoms with E-state index in [-0.39, 0.29) is 17.5 Å². The number of aromatic nitrogens is 4. The largest absolute Gasteiger partial charge is 0.439 e. The fraction of sp³-hybridized carbons (Fsp3) is 0.222. The average molecular weight is 528 g/mol. The highest BCUT2D eigenvalue weighted by Gasteiger charge is 2.31. The zero-order valence-electron chi connectivity index (χ0n) is 20.5. The Morgan fingerprint density at radius 1 is 1.18 bits per heavy atom. The number of hydrogen-bond donors (Lipinski definition) is 3. The van der Waals surface area contributed by atoms with Gasteiger partial charge < -0.3 is 20.8 Å². The Morgan fingerprint density at radius 3 is 2.87 bits per heavy atom. The van der Waals surface area contributed by atoms with Crippen molar-refractivity contribution in [1.82, 2.24) is 24.8 Å². The number of fused-ring (bicyclic) bond motifs is 2. The molecule has 0 fully saturated rings. The Labute approximate surface area is 221 Å². The van der Waals surface area contributed by atoms with Crippen molar-refractivity contribution in [1.29, 1.82) is 0 Å². The molecule has 1 aliphatic heterocycles. The van der Waals surface area contributed by atoms with Gasteiger partial charge in [-0.2, -0.15) is 0 Å². The van der Waals surface area contributed by atoms with Gasteiger partial charge >= 0.3 is 0 Å². The standard InChI is InChI=1S/C27H25N7O3S/c1-15(21-14-32-26(37-21)16-5-3-2-4-6-16)33-19-13-30-24-8-7-20(34(24)27(19)36)25(35)31-12-18-9-17-11-29-23(28)10-22(17)38-18/h2-6,9-11,13-15,20,33H,7-8,12H2,1H3,(H2,28,29)(H,31,35)/t15-,20+/m1/s1. The number of nitrogens with one attached hydrogen (secondary N) is 2. The van der Waals surface area contributed by atoms with Gasteiger partial charge in [0.05, 0.1) is 25.0 Å². The summed E-state index contributed by atoms with van der Waals surface area (Å²) >= 11 is 1.55. The number of benzene rings is 1. The highest BCUT2D eigenvalue weighted by molar-refractivity contribution is 7.19. The third-order valence-electron chi connectivity index (χ3n) is 6.58. The van der Waals surface area contributed by atoms with Crippen molar-refractivity contribution in [3.05, 3.63) is 87.9 Å². The van der Waals surface area contributed by atoms with E-state index in [1.807, 2.05) is 49.4 Å². The van der Waals surface area contributed by atoms with E-state index in [2.05, 4.69) is 25.6 Å². The molecule has 11 heteroatoms. The van der Waals surface area contributed by atoms with E-state index in [0.717, 1.165) is 20.5 Å². The number of carbonyl (C=O) groups excluding carboxylic acids is 1. The van der Waals surface area contributed by atoms with Gasteiger partial charge in [0.1, 0.15) is 29.1 Å². The molecule has 192 valence electrons. The molecule has 0 unspecified atom stereocenters. The van der Waals surface area contributed by atoms with Crippen LogP contribution in [0.1, 0.15) is 41.9 Å². The molecular weight excluding hydrogens is 502 g/mol. The van der Waals surface area contributed by atoms with Gasteiger partial charge in [0.2, 0.25) is 11.8 Å². The van der Waals surface area contributed by atoms with E-state index in [4.69, 9.17) is 10.2 Å². The van der Waals surface area contributed by atoms with Crippen LogP contribution in [0.5, 0.6) is 0 Å². The van der Waals surface area contributed by atoms with E-state index in [1.165, 1.54) is 10.8 Å². The first-order valence-electron chi connectivity index (χ1n) is 12.3. The topological polar surface area (TPSA) is 141 Å². The summed E-state index contributed by atoms with van der Waals surface area (Å²) < 4.78 is 8.43. The number of nitrogens with zero attached hydrogens (tertiary/aromatic N) is 4. The Morgan fingerprint density at radius 2 is 2.03 bits per heavy atom. The lowest BCUT2D eigenvalue weighted by atomic mass is 10.2. The van der Waals surface area contributed by atoms with Crippen LogP contribution in [0.15, 0.2) is 70.3 Å². The van der Waals surface area contributed by atoms with Gasteiger partial charge in [0, 0.05) is 33.1 Å². The number of rotatable bonds is 7. The lowest BCUT2D eigenvalue weighted by Gasteiger charge is -2.17. The molecule has 4 aromatic heterocycles. The van der Waals surface area contributed by atoms with Gasteiger partial charge in [-0.3, -0.25) is 14.2 Å². The van der Waals surface area contributed by atoms with Crippen molar-refractivity contribution in [2.45, 2.75) is 38.4 Å². The number of carbonyl (C=O) groups is 1. The van der Waals surface area contributed by atoms with E-state index < -0.39 is 6.04 Å². The molecule has 10 nitrogen and oxygen atoms in total. The minimum atomic E-state index is -0.622. The molecule has 1 aliphatic rings. The van der Waals surface area contributed by atoms with Crippen LogP contribution in [0.4, 0.5) is 11.5 Å². The van der Waals surface area contributed by atoms with Gasteiger partial charge in [-0.15, -0.1) is 11.3 Å². The zero-order valence-corrected chi connectivity index (χ0v) is 21.4. The van der Waals surface area contributed by atoms with E-state index in [9.17, 15) is 9.59 Å². The predicted molar refractivity (Wildman–Crippen MR) is 146 cm³/mol. The molecule has 38 heavy (non-hydrogen) atoms. The molecule has 0 bridgehead atoms. The second-order valence-corrected chi connectivity index (χ2v) is 10.4. The normalized spacial score (nSPS) is 15.3. The van der Waals surface area contributed by atoms with Crippen LogP contribution in [0.2, 0.25) is 0 Å². The summed E-state index contributed by atoms with van der Waals surface area (Å²) in [6.07, 6.45) is 5.97. The lowest BCUT2D eigenvalue weighted by molar-refractivity contribution is -0.124. The highest BCUT2D eigenvalue weighted by Crippen LogP contribution is 2.28. The van der Waals surface area contributed by atoms with Crippen LogP contribution in [0.25, 0.3) is 21.5 Å². The number of amides is 1. The smallest absolute Gasteiger partial charge is 0.277 e. The van der Waals surface area contributed by atoms with Crippen LogP contribution in [-0.2, 0) is 17.8 Å². The Bertz CT molecular complexity index is 1690. The summed E-state index contributed by atoms with van der Waals surface area (Å²) in [6, 6.07) is 12.5. The Balaban J connectivity index is 1.16. The predicted octanol–water partition coefficient (Wildman–Crippen LogP) is 4.07. The highest BCUT2D eigenvalue weighted by atomic mass is 32.1. The molecular formula is C27H25N7O3S. The summed E-state index contributed by atoms with van der Waals surface area (Å²) in [5, 5.41) is 7.14. The molecule has 0 spiro atoms. The van der Waals surface area contributed by atoms with E-state index >= 15 is 0 Å². The van der Waals surface area contributed by atoms with Gasteiger partial charge in [0.25, 0.3) is 5.56 Å². The second kappa shape index (κ2) is 9.75. The van der Waals surface area contributed by atoms with Crippen molar-refractivity contribution < 1.29 is 9.21 Å². The number of nitrogen functional groups attached to an aromatic ring is 1. The zero-order chi connectivity index (χ0) is 26.2. The van der Waals surface area contributed by atoms with Crippen LogP contribution in [0.3, 0.4) is 0 Å². The molecule has 0 saturated carbocycles. The molecule has 4 N–H and O–H groups in total. The number of anilines is 2. The SMILES string of the molecule is C[C@@H](Nc1cnc2n(c1=O)[C@H](C(=O)NCc1cc3cnc(N)cc3s1)CC2)c1cnc(-c2ccccc2)o1. The third kappa shape index (κ3) is 4.52. The van der Waals surface area contributed by atoms with E-state index in [0.29, 0.717) is 48.4 Å². The molecule has 5 aromatic rings. The summed E-state index contributed by atoms with van der Waals surface area (Å²) in [5.41, 5.74) is 6.66. The quantitative estimate of drug-likeness (QED) is 0.288. The van der Waals surface area contributed by atoms with Crippen LogP contribution in [-0.4, -0.2) is 25.4 Å². The molecule has 1 amide bonds. The fourth-order valence-electron chi connectivity index (χ4n) is 4.64. The first kappa shape index (κ1) is 23.9. The van der Waals surface area contributed by atoms with Crippen molar-refractivity contribution >= 4 is 38.8 Å². The fourth-order valence-corrected chi connectivity index (χ4v) is 5.66. The summed E-state index contributed by atoms with van der Waals surface area (Å²) in [4.78, 5) is 40.5. The first-order valence-corrected chi connectivity index (χ1v) is 13.1. The van der Waals surface area contributed by atoms with Gasteiger partial charge in [-0.1, -0.05) is 18.2 Å². The van der Waals surface area contributed by atoms with Gasteiger partial charge in [-0.05, 0) is 37.6 Å². The van der Waals surface area contributed by atoms with Crippen molar-refractivity contribution in [2.24, 2.45) is 0 Å². The molecule has 0 aliphatic carbocycles. The maximum absolute atomic E-state index is 13.4. The second-order valence-electron chi connectivity index (χ2n) is 9.20. The van der Waals surface area contributed by atoms with Crippen LogP contribution in [0, 0.1) is 0 Å². The average Bonchev–Trinajstić information content (AvgIpc) is 3.67. The maximum atomic E-state index is 13.4. The number of pyridine rings is 1. The number of aryl methyl sites for hydroxylation is 1.